The highest BCUT2D eigenvalue weighted by Gasteiger charge is 2.19. The summed E-state index contributed by atoms with van der Waals surface area (Å²) >= 11 is 0. The van der Waals surface area contributed by atoms with Crippen molar-refractivity contribution in [2.24, 2.45) is 0 Å². The molecule has 0 saturated carbocycles. The van der Waals surface area contributed by atoms with Crippen LogP contribution in [0.2, 0.25) is 0 Å². The number of hydrogen-bond donors (Lipinski definition) is 1. The van der Waals surface area contributed by atoms with Crippen molar-refractivity contribution in [3.05, 3.63) is 0 Å². The zero-order chi connectivity index (χ0) is 12.7. The number of nitrogens with one attached hydrogen (secondary N) is 1. The van der Waals surface area contributed by atoms with Gasteiger partial charge >= 0.3 is 0 Å². The minimum Gasteiger partial charge on any atom is -0.375 e. The summed E-state index contributed by atoms with van der Waals surface area (Å²) in [5.74, 6) is 0.0639. The highest BCUT2D eigenvalue weighted by atomic mass is 16.5. The quantitative estimate of drug-likeness (QED) is 0.716. The Bertz CT molecular complexity index is 223. The average molecular weight is 242 g/mol. The number of carbonyl (C=O) groups is 1. The summed E-state index contributed by atoms with van der Waals surface area (Å²) in [5.41, 5.74) is 0. The second-order valence-electron chi connectivity index (χ2n) is 5.06. The van der Waals surface area contributed by atoms with Crippen LogP contribution in [0.25, 0.3) is 0 Å². The first kappa shape index (κ1) is 14.5. The third-order valence-electron chi connectivity index (χ3n) is 3.02. The van der Waals surface area contributed by atoms with Crippen LogP contribution in [0.15, 0.2) is 0 Å². The summed E-state index contributed by atoms with van der Waals surface area (Å²) in [5, 5.41) is 2.83. The van der Waals surface area contributed by atoms with Crippen LogP contribution in [0, 0.1) is 0 Å². The van der Waals surface area contributed by atoms with Gasteiger partial charge in [0.2, 0.25) is 5.91 Å². The Balaban J connectivity index is 2.04. The molecule has 1 amide bonds. The van der Waals surface area contributed by atoms with Crippen LogP contribution < -0.4 is 5.32 Å². The van der Waals surface area contributed by atoms with E-state index in [2.05, 4.69) is 24.1 Å². The Morgan fingerprint density at radius 1 is 1.41 bits per heavy atom. The zero-order valence-corrected chi connectivity index (χ0v) is 11.4. The first-order valence-corrected chi connectivity index (χ1v) is 6.70. The minimum atomic E-state index is 0.0639. The molecule has 1 rings (SSSR count). The minimum absolute atomic E-state index is 0.0639. The van der Waals surface area contributed by atoms with Gasteiger partial charge in [0.1, 0.15) is 0 Å². The summed E-state index contributed by atoms with van der Waals surface area (Å²) in [6, 6.07) is 0. The van der Waals surface area contributed by atoms with Gasteiger partial charge in [-0.15, -0.1) is 0 Å². The topological polar surface area (TPSA) is 41.6 Å². The molecular weight excluding hydrogens is 216 g/mol. The van der Waals surface area contributed by atoms with E-state index in [1.54, 1.807) is 6.92 Å². The van der Waals surface area contributed by atoms with Gasteiger partial charge in [-0.3, -0.25) is 4.79 Å². The predicted molar refractivity (Wildman–Crippen MR) is 69.0 cm³/mol. The molecule has 1 heterocycles. The molecule has 0 aliphatic carbocycles. The van der Waals surface area contributed by atoms with E-state index in [0.717, 1.165) is 45.4 Å². The van der Waals surface area contributed by atoms with E-state index in [4.69, 9.17) is 4.74 Å². The third-order valence-corrected chi connectivity index (χ3v) is 3.02. The van der Waals surface area contributed by atoms with Gasteiger partial charge in [0.15, 0.2) is 0 Å². The lowest BCUT2D eigenvalue weighted by Gasteiger charge is -2.32. The van der Waals surface area contributed by atoms with Gasteiger partial charge in [-0.25, -0.2) is 0 Å². The van der Waals surface area contributed by atoms with Crippen molar-refractivity contribution in [3.8, 4) is 0 Å². The number of likely N-dealkylation sites (tertiary alicyclic amines) is 1. The van der Waals surface area contributed by atoms with E-state index < -0.39 is 0 Å². The van der Waals surface area contributed by atoms with Gasteiger partial charge in [-0.1, -0.05) is 0 Å². The number of piperidine rings is 1. The van der Waals surface area contributed by atoms with E-state index in [1.807, 2.05) is 0 Å². The normalized spacial score (nSPS) is 18.6. The lowest BCUT2D eigenvalue weighted by atomic mass is 10.1. The molecule has 0 atom stereocenters. The number of ether oxygens (including phenoxy) is 1. The molecule has 0 aromatic heterocycles. The van der Waals surface area contributed by atoms with E-state index in [-0.39, 0.29) is 5.91 Å². The van der Waals surface area contributed by atoms with Gasteiger partial charge in [0.05, 0.1) is 12.2 Å². The summed E-state index contributed by atoms with van der Waals surface area (Å²) in [6.07, 6.45) is 4.10. The lowest BCUT2D eigenvalue weighted by molar-refractivity contribution is -0.118. The molecule has 4 heteroatoms. The van der Waals surface area contributed by atoms with Crippen LogP contribution in [0.4, 0.5) is 0 Å². The molecule has 4 nitrogen and oxygen atoms in total. The van der Waals surface area contributed by atoms with Crippen LogP contribution in [-0.4, -0.2) is 49.2 Å². The Kier molecular flexibility index (Phi) is 6.52. The zero-order valence-electron chi connectivity index (χ0n) is 11.4. The van der Waals surface area contributed by atoms with Crippen LogP contribution in [0.5, 0.6) is 0 Å². The van der Waals surface area contributed by atoms with Crippen LogP contribution in [-0.2, 0) is 9.53 Å². The molecule has 1 aliphatic rings. The first-order chi connectivity index (χ1) is 8.08. The number of carbonyl (C=O) groups excluding carboxylic acids is 1. The lowest BCUT2D eigenvalue weighted by Crippen LogP contribution is -2.39. The molecule has 0 radical (unpaired) electrons. The molecule has 1 N–H and O–H groups in total. The second-order valence-corrected chi connectivity index (χ2v) is 5.06. The van der Waals surface area contributed by atoms with E-state index in [1.165, 1.54) is 0 Å². The predicted octanol–water partition coefficient (Wildman–Crippen LogP) is 1.40. The Labute approximate surface area is 105 Å². The fraction of sp³-hybridized carbons (Fsp3) is 0.923. The van der Waals surface area contributed by atoms with E-state index in [0.29, 0.717) is 12.2 Å². The number of amides is 1. The third kappa shape index (κ3) is 6.64. The molecule has 100 valence electrons. The summed E-state index contributed by atoms with van der Waals surface area (Å²) in [6.45, 7) is 9.87. The fourth-order valence-corrected chi connectivity index (χ4v) is 2.22. The van der Waals surface area contributed by atoms with Crippen molar-refractivity contribution < 1.29 is 9.53 Å². The van der Waals surface area contributed by atoms with E-state index in [9.17, 15) is 4.79 Å². The maximum Gasteiger partial charge on any atom is 0.216 e. The highest BCUT2D eigenvalue weighted by molar-refractivity contribution is 5.72. The molecule has 1 aliphatic heterocycles. The molecule has 0 spiro atoms. The Morgan fingerprint density at radius 3 is 2.59 bits per heavy atom. The van der Waals surface area contributed by atoms with E-state index >= 15 is 0 Å². The van der Waals surface area contributed by atoms with Crippen molar-refractivity contribution in [3.63, 3.8) is 0 Å². The van der Waals surface area contributed by atoms with Crippen molar-refractivity contribution in [2.45, 2.75) is 52.2 Å². The van der Waals surface area contributed by atoms with Gasteiger partial charge in [0, 0.05) is 26.6 Å². The van der Waals surface area contributed by atoms with Gasteiger partial charge in [-0.2, -0.15) is 0 Å². The molecule has 0 unspecified atom stereocenters. The maximum absolute atomic E-state index is 10.7. The monoisotopic (exact) mass is 242 g/mol. The molecular formula is C13H26N2O2. The number of nitrogens with zero attached hydrogens (tertiary/aromatic N) is 1. The summed E-state index contributed by atoms with van der Waals surface area (Å²) < 4.78 is 5.81. The second kappa shape index (κ2) is 7.67. The van der Waals surface area contributed by atoms with Gasteiger partial charge in [0.25, 0.3) is 0 Å². The van der Waals surface area contributed by atoms with Crippen molar-refractivity contribution >= 4 is 5.91 Å². The molecule has 0 bridgehead atoms. The largest absolute Gasteiger partial charge is 0.375 e. The molecule has 1 saturated heterocycles. The smallest absolute Gasteiger partial charge is 0.216 e. The van der Waals surface area contributed by atoms with Crippen LogP contribution >= 0.6 is 0 Å². The highest BCUT2D eigenvalue weighted by Crippen LogP contribution is 2.15. The average Bonchev–Trinajstić information content (AvgIpc) is 2.25. The maximum atomic E-state index is 10.7. The van der Waals surface area contributed by atoms with Crippen LogP contribution in [0.1, 0.15) is 40.0 Å². The van der Waals surface area contributed by atoms with Crippen molar-refractivity contribution in [2.75, 3.05) is 26.2 Å². The number of hydrogen-bond acceptors (Lipinski definition) is 3. The van der Waals surface area contributed by atoms with Crippen molar-refractivity contribution in [1.29, 1.82) is 0 Å². The molecule has 0 aromatic rings. The first-order valence-electron chi connectivity index (χ1n) is 6.70. The van der Waals surface area contributed by atoms with Gasteiger partial charge < -0.3 is 15.0 Å². The standard InChI is InChI=1S/C13H26N2O2/c1-11(2)17-13-5-9-15(10-6-13)8-4-7-14-12(3)16/h11,13H,4-10H2,1-3H3,(H,14,16). The van der Waals surface area contributed by atoms with Crippen LogP contribution in [0.3, 0.4) is 0 Å². The summed E-state index contributed by atoms with van der Waals surface area (Å²) in [4.78, 5) is 13.2. The summed E-state index contributed by atoms with van der Waals surface area (Å²) in [7, 11) is 0. The number of rotatable bonds is 6. The SMILES string of the molecule is CC(=O)NCCCN1CCC(OC(C)C)CC1. The van der Waals surface area contributed by atoms with Gasteiger partial charge in [-0.05, 0) is 39.7 Å². The fourth-order valence-electron chi connectivity index (χ4n) is 2.22. The Morgan fingerprint density at radius 2 is 2.06 bits per heavy atom. The molecule has 17 heavy (non-hydrogen) atoms. The Hall–Kier alpha value is -0.610. The molecule has 1 fully saturated rings. The molecule has 0 aromatic carbocycles. The van der Waals surface area contributed by atoms with Crippen molar-refractivity contribution in [1.82, 2.24) is 10.2 Å².